The van der Waals surface area contributed by atoms with Crippen LogP contribution in [0.4, 0.5) is 0 Å². The molecule has 5 heteroatoms. The lowest BCUT2D eigenvalue weighted by Gasteiger charge is -2.27. The molecule has 0 aliphatic carbocycles. The minimum Gasteiger partial charge on any atom is -0.338 e. The van der Waals surface area contributed by atoms with E-state index in [1.54, 1.807) is 4.90 Å². The first-order chi connectivity index (χ1) is 12.5. The van der Waals surface area contributed by atoms with Crippen LogP contribution in [0.1, 0.15) is 30.0 Å². The average Bonchev–Trinajstić information content (AvgIpc) is 3.02. The lowest BCUT2D eigenvalue weighted by molar-refractivity contribution is -0.132. The Balaban J connectivity index is 1.60. The highest BCUT2D eigenvalue weighted by molar-refractivity contribution is 6.30. The molecule has 3 rings (SSSR count). The van der Waals surface area contributed by atoms with Crippen molar-refractivity contribution in [2.45, 2.75) is 24.9 Å². The maximum atomic E-state index is 12.7. The predicted molar refractivity (Wildman–Crippen MR) is 106 cm³/mol. The summed E-state index contributed by atoms with van der Waals surface area (Å²) in [5.41, 5.74) is 8.66. The molecule has 3 atom stereocenters. The Bertz CT molecular complexity index is 735. The Morgan fingerprint density at radius 3 is 2.50 bits per heavy atom. The SMILES string of the molecule is CC(c1ccc(Cl)cc1)N(C)C(=O)CN1C[C@@H](N)[C@H](c2ccccc2)C1. The van der Waals surface area contributed by atoms with Gasteiger partial charge in [-0.1, -0.05) is 54.1 Å². The highest BCUT2D eigenvalue weighted by Crippen LogP contribution is 2.27. The molecule has 2 N–H and O–H groups in total. The molecule has 0 spiro atoms. The molecule has 1 unspecified atom stereocenters. The number of nitrogens with zero attached hydrogens (tertiary/aromatic N) is 2. The number of carbonyl (C=O) groups excluding carboxylic acids is 1. The molecule has 2 aromatic rings. The predicted octanol–water partition coefficient (Wildman–Crippen LogP) is 3.29. The van der Waals surface area contributed by atoms with E-state index in [-0.39, 0.29) is 23.9 Å². The smallest absolute Gasteiger partial charge is 0.236 e. The molecule has 1 fully saturated rings. The topological polar surface area (TPSA) is 49.6 Å². The summed E-state index contributed by atoms with van der Waals surface area (Å²) in [5.74, 6) is 0.386. The van der Waals surface area contributed by atoms with E-state index in [2.05, 4.69) is 17.0 Å². The Labute approximate surface area is 160 Å². The largest absolute Gasteiger partial charge is 0.338 e. The van der Waals surface area contributed by atoms with E-state index < -0.39 is 0 Å². The molecule has 0 bridgehead atoms. The second kappa shape index (κ2) is 8.21. The molecule has 0 radical (unpaired) electrons. The number of halogens is 1. The van der Waals surface area contributed by atoms with Gasteiger partial charge in [-0.05, 0) is 30.2 Å². The monoisotopic (exact) mass is 371 g/mol. The summed E-state index contributed by atoms with van der Waals surface area (Å²) in [6, 6.07) is 18.0. The second-order valence-corrected chi connectivity index (χ2v) is 7.54. The summed E-state index contributed by atoms with van der Waals surface area (Å²) in [7, 11) is 1.85. The number of benzene rings is 2. The van der Waals surface area contributed by atoms with Gasteiger partial charge in [0, 0.05) is 37.1 Å². The summed E-state index contributed by atoms with van der Waals surface area (Å²) in [6.45, 7) is 3.99. The summed E-state index contributed by atoms with van der Waals surface area (Å²) in [5, 5.41) is 0.702. The first kappa shape index (κ1) is 18.9. The molecule has 2 aromatic carbocycles. The third-order valence-corrected chi connectivity index (χ3v) is 5.61. The molecule has 0 aromatic heterocycles. The van der Waals surface area contributed by atoms with Crippen molar-refractivity contribution in [2.24, 2.45) is 5.73 Å². The molecule has 1 aliphatic heterocycles. The maximum absolute atomic E-state index is 12.7. The minimum absolute atomic E-state index is 0.000892. The van der Waals surface area contributed by atoms with Gasteiger partial charge in [-0.3, -0.25) is 9.69 Å². The zero-order chi connectivity index (χ0) is 18.7. The van der Waals surface area contributed by atoms with Crippen LogP contribution in [-0.4, -0.2) is 48.4 Å². The van der Waals surface area contributed by atoms with Crippen molar-refractivity contribution >= 4 is 17.5 Å². The highest BCUT2D eigenvalue weighted by Gasteiger charge is 2.33. The zero-order valence-corrected chi connectivity index (χ0v) is 16.1. The van der Waals surface area contributed by atoms with Crippen LogP contribution in [-0.2, 0) is 4.79 Å². The number of amides is 1. The van der Waals surface area contributed by atoms with Crippen molar-refractivity contribution < 1.29 is 4.79 Å². The van der Waals surface area contributed by atoms with E-state index in [1.165, 1.54) is 5.56 Å². The first-order valence-electron chi connectivity index (χ1n) is 8.99. The van der Waals surface area contributed by atoms with Crippen LogP contribution in [0.25, 0.3) is 0 Å². The van der Waals surface area contributed by atoms with Crippen LogP contribution >= 0.6 is 11.6 Å². The van der Waals surface area contributed by atoms with E-state index in [0.717, 1.165) is 18.7 Å². The van der Waals surface area contributed by atoms with Crippen LogP contribution in [0.3, 0.4) is 0 Å². The number of hydrogen-bond acceptors (Lipinski definition) is 3. The van der Waals surface area contributed by atoms with E-state index in [0.29, 0.717) is 11.6 Å². The highest BCUT2D eigenvalue weighted by atomic mass is 35.5. The lowest BCUT2D eigenvalue weighted by atomic mass is 9.95. The van der Waals surface area contributed by atoms with Gasteiger partial charge in [-0.25, -0.2) is 0 Å². The van der Waals surface area contributed by atoms with Crippen molar-refractivity contribution in [3.63, 3.8) is 0 Å². The van der Waals surface area contributed by atoms with E-state index in [4.69, 9.17) is 17.3 Å². The Morgan fingerprint density at radius 2 is 1.85 bits per heavy atom. The van der Waals surface area contributed by atoms with Crippen LogP contribution in [0.2, 0.25) is 5.02 Å². The summed E-state index contributed by atoms with van der Waals surface area (Å²) in [4.78, 5) is 16.7. The van der Waals surface area contributed by atoms with E-state index in [9.17, 15) is 4.79 Å². The second-order valence-electron chi connectivity index (χ2n) is 7.11. The lowest BCUT2D eigenvalue weighted by Crippen LogP contribution is -2.39. The van der Waals surface area contributed by atoms with Crippen molar-refractivity contribution in [3.8, 4) is 0 Å². The Hall–Kier alpha value is -1.88. The number of likely N-dealkylation sites (tertiary alicyclic amines) is 1. The van der Waals surface area contributed by atoms with E-state index in [1.807, 2.05) is 56.4 Å². The summed E-state index contributed by atoms with van der Waals surface area (Å²) in [6.07, 6.45) is 0. The molecule has 0 saturated carbocycles. The third-order valence-electron chi connectivity index (χ3n) is 5.35. The van der Waals surface area contributed by atoms with Gasteiger partial charge in [-0.15, -0.1) is 0 Å². The minimum atomic E-state index is 0.000892. The molecule has 1 amide bonds. The summed E-state index contributed by atoms with van der Waals surface area (Å²) < 4.78 is 0. The Morgan fingerprint density at radius 1 is 1.19 bits per heavy atom. The van der Waals surface area contributed by atoms with Crippen molar-refractivity contribution in [1.29, 1.82) is 0 Å². The fourth-order valence-corrected chi connectivity index (χ4v) is 3.71. The fourth-order valence-electron chi connectivity index (χ4n) is 3.58. The van der Waals surface area contributed by atoms with Crippen molar-refractivity contribution in [1.82, 2.24) is 9.80 Å². The maximum Gasteiger partial charge on any atom is 0.236 e. The number of carbonyl (C=O) groups is 1. The van der Waals surface area contributed by atoms with Gasteiger partial charge >= 0.3 is 0 Å². The van der Waals surface area contributed by atoms with E-state index >= 15 is 0 Å². The van der Waals surface area contributed by atoms with Crippen LogP contribution in [0.15, 0.2) is 54.6 Å². The standard InChI is InChI=1S/C21H26ClN3O/c1-15(16-8-10-18(22)11-9-16)24(2)21(26)14-25-12-19(20(23)13-25)17-6-4-3-5-7-17/h3-11,15,19-20H,12-14,23H2,1-2H3/t15?,19-,20+/m0/s1. The van der Waals surface area contributed by atoms with Gasteiger partial charge in [0.2, 0.25) is 5.91 Å². The van der Waals surface area contributed by atoms with Gasteiger partial charge in [0.15, 0.2) is 0 Å². The van der Waals surface area contributed by atoms with Crippen molar-refractivity contribution in [3.05, 3.63) is 70.7 Å². The Kier molecular flexibility index (Phi) is 5.97. The number of rotatable bonds is 5. The van der Waals surface area contributed by atoms with Gasteiger partial charge in [-0.2, -0.15) is 0 Å². The molecule has 4 nitrogen and oxygen atoms in total. The molecular formula is C21H26ClN3O. The normalized spacial score (nSPS) is 21.5. The van der Waals surface area contributed by atoms with Gasteiger partial charge in [0.05, 0.1) is 12.6 Å². The summed E-state index contributed by atoms with van der Waals surface area (Å²) >= 11 is 5.95. The average molecular weight is 372 g/mol. The molecule has 138 valence electrons. The van der Waals surface area contributed by atoms with Crippen LogP contribution in [0.5, 0.6) is 0 Å². The number of nitrogens with two attached hydrogens (primary N) is 1. The van der Waals surface area contributed by atoms with Gasteiger partial charge in [0.25, 0.3) is 0 Å². The molecule has 1 aliphatic rings. The fraction of sp³-hybridized carbons (Fsp3) is 0.381. The van der Waals surface area contributed by atoms with Gasteiger partial charge in [0.1, 0.15) is 0 Å². The molecule has 26 heavy (non-hydrogen) atoms. The number of hydrogen-bond donors (Lipinski definition) is 1. The zero-order valence-electron chi connectivity index (χ0n) is 15.3. The number of likely N-dealkylation sites (N-methyl/N-ethyl adjacent to an activating group) is 1. The van der Waals surface area contributed by atoms with Crippen LogP contribution < -0.4 is 5.73 Å². The molecular weight excluding hydrogens is 346 g/mol. The van der Waals surface area contributed by atoms with Crippen molar-refractivity contribution in [2.75, 3.05) is 26.7 Å². The van der Waals surface area contributed by atoms with Gasteiger partial charge < -0.3 is 10.6 Å². The third kappa shape index (κ3) is 4.26. The first-order valence-corrected chi connectivity index (χ1v) is 9.37. The molecule has 1 heterocycles. The molecule has 1 saturated heterocycles. The quantitative estimate of drug-likeness (QED) is 0.877. The van der Waals surface area contributed by atoms with Crippen LogP contribution in [0, 0.1) is 0 Å².